The maximum atomic E-state index is 12.2. The fourth-order valence-corrected chi connectivity index (χ4v) is 2.43. The molecular formula is C16H21N3O3. The summed E-state index contributed by atoms with van der Waals surface area (Å²) in [6, 6.07) is 5.57. The Hall–Kier alpha value is -2.37. The maximum Gasteiger partial charge on any atom is 0.313 e. The summed E-state index contributed by atoms with van der Waals surface area (Å²) in [5.74, 6) is -1.19. The lowest BCUT2D eigenvalue weighted by Crippen LogP contribution is -2.52. The zero-order chi connectivity index (χ0) is 16.3. The van der Waals surface area contributed by atoms with Crippen LogP contribution in [0, 0.1) is 13.8 Å². The molecule has 1 heterocycles. The third kappa shape index (κ3) is 3.44. The lowest BCUT2D eigenvalue weighted by Gasteiger charge is -2.33. The second kappa shape index (κ2) is 6.60. The zero-order valence-electron chi connectivity index (χ0n) is 13.2. The summed E-state index contributed by atoms with van der Waals surface area (Å²) in [6.45, 7) is 7.08. The van der Waals surface area contributed by atoms with Gasteiger partial charge in [-0.15, -0.1) is 0 Å². The van der Waals surface area contributed by atoms with Gasteiger partial charge in [-0.2, -0.15) is 0 Å². The predicted octanol–water partition coefficient (Wildman–Crippen LogP) is 0.933. The van der Waals surface area contributed by atoms with Crippen molar-refractivity contribution in [3.05, 3.63) is 29.3 Å². The number of hydrogen-bond donors (Lipinski definition) is 1. The standard InChI is InChI=1S/C16H21N3O3/c1-11-5-4-6-14(12(11)2)17-15(21)16(22)19-9-7-18(8-10-19)13(3)20/h4-6H,7-10H2,1-3H3,(H,17,21). The zero-order valence-corrected chi connectivity index (χ0v) is 13.2. The number of rotatable bonds is 1. The van der Waals surface area contributed by atoms with Crippen molar-refractivity contribution in [3.8, 4) is 0 Å². The Kier molecular flexibility index (Phi) is 4.80. The van der Waals surface area contributed by atoms with Gasteiger partial charge in [-0.3, -0.25) is 14.4 Å². The van der Waals surface area contributed by atoms with Crippen LogP contribution >= 0.6 is 0 Å². The van der Waals surface area contributed by atoms with Crippen LogP contribution in [-0.4, -0.2) is 53.7 Å². The summed E-state index contributed by atoms with van der Waals surface area (Å²) in [5, 5.41) is 2.67. The lowest BCUT2D eigenvalue weighted by atomic mass is 10.1. The Morgan fingerprint density at radius 3 is 2.18 bits per heavy atom. The van der Waals surface area contributed by atoms with E-state index in [0.29, 0.717) is 31.9 Å². The van der Waals surface area contributed by atoms with Crippen molar-refractivity contribution in [3.63, 3.8) is 0 Å². The van der Waals surface area contributed by atoms with Gasteiger partial charge >= 0.3 is 11.8 Å². The van der Waals surface area contributed by atoms with Crippen LogP contribution < -0.4 is 5.32 Å². The number of carbonyl (C=O) groups is 3. The number of piperazine rings is 1. The van der Waals surface area contributed by atoms with Gasteiger partial charge in [0.25, 0.3) is 0 Å². The highest BCUT2D eigenvalue weighted by atomic mass is 16.2. The average Bonchev–Trinajstić information content (AvgIpc) is 2.51. The Morgan fingerprint density at radius 1 is 1.00 bits per heavy atom. The van der Waals surface area contributed by atoms with Crippen molar-refractivity contribution in [2.45, 2.75) is 20.8 Å². The first-order valence-electron chi connectivity index (χ1n) is 7.32. The molecule has 0 spiro atoms. The summed E-state index contributed by atoms with van der Waals surface area (Å²) in [4.78, 5) is 38.7. The van der Waals surface area contributed by atoms with E-state index < -0.39 is 11.8 Å². The monoisotopic (exact) mass is 303 g/mol. The Bertz CT molecular complexity index is 605. The number of nitrogens with zero attached hydrogens (tertiary/aromatic N) is 2. The number of amides is 3. The molecule has 6 heteroatoms. The smallest absolute Gasteiger partial charge is 0.313 e. The first kappa shape index (κ1) is 16.0. The SMILES string of the molecule is CC(=O)N1CCN(C(=O)C(=O)Nc2cccc(C)c2C)CC1. The Labute approximate surface area is 130 Å². The van der Waals surface area contributed by atoms with Gasteiger partial charge in [-0.1, -0.05) is 12.1 Å². The van der Waals surface area contributed by atoms with Crippen molar-refractivity contribution >= 4 is 23.4 Å². The van der Waals surface area contributed by atoms with Crippen LogP contribution in [0.4, 0.5) is 5.69 Å². The Morgan fingerprint density at radius 2 is 1.59 bits per heavy atom. The molecular weight excluding hydrogens is 282 g/mol. The molecule has 0 bridgehead atoms. The van der Waals surface area contributed by atoms with E-state index in [1.165, 1.54) is 11.8 Å². The molecule has 0 aliphatic carbocycles. The molecule has 2 rings (SSSR count). The van der Waals surface area contributed by atoms with E-state index in [-0.39, 0.29) is 5.91 Å². The summed E-state index contributed by atoms with van der Waals surface area (Å²) in [5.41, 5.74) is 2.66. The van der Waals surface area contributed by atoms with Crippen molar-refractivity contribution < 1.29 is 14.4 Å². The van der Waals surface area contributed by atoms with Crippen LogP contribution in [0.2, 0.25) is 0 Å². The molecule has 0 saturated carbocycles. The van der Waals surface area contributed by atoms with Gasteiger partial charge in [0.15, 0.2) is 0 Å². The maximum absolute atomic E-state index is 12.2. The van der Waals surface area contributed by atoms with Gasteiger partial charge in [-0.25, -0.2) is 0 Å². The minimum atomic E-state index is -0.634. The van der Waals surface area contributed by atoms with Gasteiger partial charge < -0.3 is 15.1 Å². The van der Waals surface area contributed by atoms with E-state index in [2.05, 4.69) is 5.32 Å². The van der Waals surface area contributed by atoms with Gasteiger partial charge in [0, 0.05) is 38.8 Å². The van der Waals surface area contributed by atoms with Crippen LogP contribution in [0.5, 0.6) is 0 Å². The second-order valence-corrected chi connectivity index (χ2v) is 5.50. The van der Waals surface area contributed by atoms with Crippen molar-refractivity contribution in [2.24, 2.45) is 0 Å². The molecule has 1 aromatic rings. The summed E-state index contributed by atoms with van der Waals surface area (Å²) in [6.07, 6.45) is 0. The fraction of sp³-hybridized carbons (Fsp3) is 0.438. The molecule has 1 aromatic carbocycles. The third-order valence-electron chi connectivity index (χ3n) is 4.06. The van der Waals surface area contributed by atoms with Crippen LogP contribution in [0.3, 0.4) is 0 Å². The number of anilines is 1. The van der Waals surface area contributed by atoms with Crippen LogP contribution in [0.25, 0.3) is 0 Å². The summed E-state index contributed by atoms with van der Waals surface area (Å²) in [7, 11) is 0. The van der Waals surface area contributed by atoms with E-state index in [0.717, 1.165) is 11.1 Å². The van der Waals surface area contributed by atoms with Crippen LogP contribution in [-0.2, 0) is 14.4 Å². The molecule has 3 amide bonds. The number of carbonyl (C=O) groups excluding carboxylic acids is 3. The molecule has 118 valence electrons. The average molecular weight is 303 g/mol. The first-order valence-corrected chi connectivity index (χ1v) is 7.32. The second-order valence-electron chi connectivity index (χ2n) is 5.50. The first-order chi connectivity index (χ1) is 10.4. The number of nitrogens with one attached hydrogen (secondary N) is 1. The summed E-state index contributed by atoms with van der Waals surface area (Å²) >= 11 is 0. The fourth-order valence-electron chi connectivity index (χ4n) is 2.43. The van der Waals surface area contributed by atoms with Gasteiger partial charge in [-0.05, 0) is 31.0 Å². The van der Waals surface area contributed by atoms with E-state index in [9.17, 15) is 14.4 Å². The molecule has 0 unspecified atom stereocenters. The van der Waals surface area contributed by atoms with Gasteiger partial charge in [0.05, 0.1) is 0 Å². The molecule has 0 atom stereocenters. The van der Waals surface area contributed by atoms with Crippen LogP contribution in [0.15, 0.2) is 18.2 Å². The largest absolute Gasteiger partial charge is 0.339 e. The molecule has 1 saturated heterocycles. The van der Waals surface area contributed by atoms with Crippen molar-refractivity contribution in [2.75, 3.05) is 31.5 Å². The normalized spacial score (nSPS) is 14.7. The highest BCUT2D eigenvalue weighted by Gasteiger charge is 2.27. The quantitative estimate of drug-likeness (QED) is 0.785. The van der Waals surface area contributed by atoms with E-state index in [1.54, 1.807) is 11.0 Å². The molecule has 0 aromatic heterocycles. The number of aryl methyl sites for hydroxylation is 1. The van der Waals surface area contributed by atoms with E-state index in [4.69, 9.17) is 0 Å². The molecule has 1 aliphatic rings. The van der Waals surface area contributed by atoms with E-state index in [1.807, 2.05) is 26.0 Å². The topological polar surface area (TPSA) is 69.7 Å². The van der Waals surface area contributed by atoms with Gasteiger partial charge in [0.1, 0.15) is 0 Å². The van der Waals surface area contributed by atoms with Gasteiger partial charge in [0.2, 0.25) is 5.91 Å². The molecule has 6 nitrogen and oxygen atoms in total. The predicted molar refractivity (Wildman–Crippen MR) is 83.4 cm³/mol. The minimum absolute atomic E-state index is 0.00747. The Balaban J connectivity index is 1.97. The molecule has 1 N–H and O–H groups in total. The summed E-state index contributed by atoms with van der Waals surface area (Å²) < 4.78 is 0. The lowest BCUT2D eigenvalue weighted by molar-refractivity contribution is -0.145. The third-order valence-corrected chi connectivity index (χ3v) is 4.06. The molecule has 22 heavy (non-hydrogen) atoms. The molecule has 1 aliphatic heterocycles. The highest BCUT2D eigenvalue weighted by Crippen LogP contribution is 2.18. The molecule has 0 radical (unpaired) electrons. The number of hydrogen-bond acceptors (Lipinski definition) is 3. The minimum Gasteiger partial charge on any atom is -0.339 e. The van der Waals surface area contributed by atoms with Crippen LogP contribution in [0.1, 0.15) is 18.1 Å². The highest BCUT2D eigenvalue weighted by molar-refractivity contribution is 6.39. The number of benzene rings is 1. The van der Waals surface area contributed by atoms with Crippen molar-refractivity contribution in [1.29, 1.82) is 0 Å². The van der Waals surface area contributed by atoms with E-state index >= 15 is 0 Å². The van der Waals surface area contributed by atoms with Crippen molar-refractivity contribution in [1.82, 2.24) is 9.80 Å². The molecule has 1 fully saturated rings.